The lowest BCUT2D eigenvalue weighted by Crippen LogP contribution is -2.33. The van der Waals surface area contributed by atoms with E-state index in [4.69, 9.17) is 4.52 Å². The molecule has 0 saturated heterocycles. The number of amides is 1. The number of aryl methyl sites for hydroxylation is 1. The Labute approximate surface area is 144 Å². The van der Waals surface area contributed by atoms with Crippen LogP contribution in [0.25, 0.3) is 11.5 Å². The average molecular weight is 338 g/mol. The van der Waals surface area contributed by atoms with Crippen LogP contribution in [0.5, 0.6) is 0 Å². The first-order chi connectivity index (χ1) is 12.1. The molecule has 0 saturated carbocycles. The molecule has 0 aliphatic rings. The van der Waals surface area contributed by atoms with Crippen LogP contribution in [0.3, 0.4) is 0 Å². The van der Waals surface area contributed by atoms with Crippen molar-refractivity contribution in [3.05, 3.63) is 70.4 Å². The summed E-state index contributed by atoms with van der Waals surface area (Å²) in [6.45, 7) is 1.92. The summed E-state index contributed by atoms with van der Waals surface area (Å²) in [4.78, 5) is 30.4. The van der Waals surface area contributed by atoms with Crippen LogP contribution in [0.1, 0.15) is 29.5 Å². The van der Waals surface area contributed by atoms with Gasteiger partial charge in [0.25, 0.3) is 23.2 Å². The highest BCUT2D eigenvalue weighted by atomic mass is 16.5. The number of carbonyl (C=O) groups is 1. The molecule has 1 atom stereocenters. The Bertz CT molecular complexity index is 902. The van der Waals surface area contributed by atoms with Gasteiger partial charge >= 0.3 is 0 Å². The first kappa shape index (κ1) is 16.6. The molecule has 3 aromatic rings. The molecule has 0 fully saturated rings. The fourth-order valence-electron chi connectivity index (χ4n) is 2.40. The fourth-order valence-corrected chi connectivity index (χ4v) is 2.40. The number of nitrogens with zero attached hydrogens (tertiary/aromatic N) is 2. The Morgan fingerprint density at radius 3 is 2.80 bits per heavy atom. The Morgan fingerprint density at radius 2 is 2.04 bits per heavy atom. The maximum Gasteiger partial charge on any atom is 0.292 e. The lowest BCUT2D eigenvalue weighted by molar-refractivity contribution is 0.0925. The average Bonchev–Trinajstić information content (AvgIpc) is 3.11. The van der Waals surface area contributed by atoms with E-state index in [-0.39, 0.29) is 28.9 Å². The van der Waals surface area contributed by atoms with E-state index in [0.29, 0.717) is 0 Å². The molecule has 0 spiro atoms. The van der Waals surface area contributed by atoms with Crippen LogP contribution >= 0.6 is 0 Å². The van der Waals surface area contributed by atoms with E-state index in [1.807, 2.05) is 25.1 Å². The monoisotopic (exact) mass is 338 g/mol. The number of hydrogen-bond acceptors (Lipinski definition) is 5. The number of hydrogen-bond donors (Lipinski definition) is 2. The molecule has 1 amide bonds. The molecule has 128 valence electrons. The summed E-state index contributed by atoms with van der Waals surface area (Å²) in [6.07, 6.45) is 3.15. The summed E-state index contributed by atoms with van der Waals surface area (Å²) in [5, 5.41) is 6.49. The number of aromatic nitrogens is 3. The van der Waals surface area contributed by atoms with Crippen molar-refractivity contribution in [3.63, 3.8) is 0 Å². The summed E-state index contributed by atoms with van der Waals surface area (Å²) in [5.74, 6) is -0.503. The number of H-pyrrole nitrogens is 1. The minimum Gasteiger partial charge on any atom is -0.347 e. The zero-order chi connectivity index (χ0) is 17.6. The van der Waals surface area contributed by atoms with Gasteiger partial charge in [-0.1, -0.05) is 35.5 Å². The van der Waals surface area contributed by atoms with Gasteiger partial charge in [-0.2, -0.15) is 4.98 Å². The third kappa shape index (κ3) is 4.20. The van der Waals surface area contributed by atoms with Gasteiger partial charge in [0, 0.05) is 12.2 Å². The second kappa shape index (κ2) is 7.57. The van der Waals surface area contributed by atoms with Crippen LogP contribution in [0.15, 0.2) is 58.0 Å². The Balaban J connectivity index is 1.60. The van der Waals surface area contributed by atoms with Crippen molar-refractivity contribution in [2.75, 3.05) is 0 Å². The van der Waals surface area contributed by atoms with Crippen LogP contribution in [-0.4, -0.2) is 27.1 Å². The van der Waals surface area contributed by atoms with Crippen LogP contribution in [0, 0.1) is 0 Å². The van der Waals surface area contributed by atoms with Crippen molar-refractivity contribution >= 4 is 5.91 Å². The SMILES string of the molecule is C[C@H](CCc1ccccc1)NC(=O)c1noc(-c2ccc[nH]c2=O)n1. The highest BCUT2D eigenvalue weighted by molar-refractivity contribution is 5.90. The molecule has 0 bridgehead atoms. The number of rotatable bonds is 6. The second-order valence-electron chi connectivity index (χ2n) is 5.73. The molecule has 2 heterocycles. The fraction of sp³-hybridized carbons (Fsp3) is 0.222. The maximum atomic E-state index is 12.2. The molecule has 0 unspecified atom stereocenters. The van der Waals surface area contributed by atoms with Crippen molar-refractivity contribution in [2.45, 2.75) is 25.8 Å². The van der Waals surface area contributed by atoms with Crippen molar-refractivity contribution in [1.29, 1.82) is 0 Å². The maximum absolute atomic E-state index is 12.2. The van der Waals surface area contributed by atoms with Gasteiger partial charge in [0.15, 0.2) is 0 Å². The third-order valence-corrected chi connectivity index (χ3v) is 3.76. The quantitative estimate of drug-likeness (QED) is 0.717. The van der Waals surface area contributed by atoms with Crippen molar-refractivity contribution in [2.24, 2.45) is 0 Å². The van der Waals surface area contributed by atoms with Crippen LogP contribution in [-0.2, 0) is 6.42 Å². The summed E-state index contributed by atoms with van der Waals surface area (Å²) in [7, 11) is 0. The van der Waals surface area contributed by atoms with Crippen LogP contribution in [0.2, 0.25) is 0 Å². The minimum absolute atomic E-state index is 0.0175. The highest BCUT2D eigenvalue weighted by Crippen LogP contribution is 2.12. The molecular formula is C18H18N4O3. The van der Waals surface area contributed by atoms with Crippen molar-refractivity contribution in [1.82, 2.24) is 20.4 Å². The van der Waals surface area contributed by atoms with Crippen LogP contribution < -0.4 is 10.9 Å². The van der Waals surface area contributed by atoms with E-state index in [9.17, 15) is 9.59 Å². The van der Waals surface area contributed by atoms with Gasteiger partial charge < -0.3 is 14.8 Å². The largest absolute Gasteiger partial charge is 0.347 e. The van der Waals surface area contributed by atoms with Crippen LogP contribution in [0.4, 0.5) is 0 Å². The van der Waals surface area contributed by atoms with Gasteiger partial charge in [-0.05, 0) is 37.5 Å². The van der Waals surface area contributed by atoms with Gasteiger partial charge in [-0.25, -0.2) is 0 Å². The molecular weight excluding hydrogens is 320 g/mol. The molecule has 3 rings (SSSR count). The Hall–Kier alpha value is -3.22. The summed E-state index contributed by atoms with van der Waals surface area (Å²) in [5.41, 5.74) is 1.09. The number of nitrogens with one attached hydrogen (secondary N) is 2. The zero-order valence-electron chi connectivity index (χ0n) is 13.7. The predicted molar refractivity (Wildman–Crippen MR) is 92.0 cm³/mol. The number of carbonyl (C=O) groups excluding carboxylic acids is 1. The minimum atomic E-state index is -0.428. The lowest BCUT2D eigenvalue weighted by atomic mass is 10.1. The Morgan fingerprint density at radius 1 is 1.24 bits per heavy atom. The molecule has 0 radical (unpaired) electrons. The standard InChI is InChI=1S/C18H18N4O3/c1-12(9-10-13-6-3-2-4-7-13)20-17(24)15-21-18(25-22-15)14-8-5-11-19-16(14)23/h2-8,11-12H,9-10H2,1H3,(H,19,23)(H,20,24)/t12-/m1/s1. The third-order valence-electron chi connectivity index (χ3n) is 3.76. The second-order valence-corrected chi connectivity index (χ2v) is 5.73. The lowest BCUT2D eigenvalue weighted by Gasteiger charge is -2.12. The van der Waals surface area contributed by atoms with Crippen molar-refractivity contribution in [3.8, 4) is 11.5 Å². The smallest absolute Gasteiger partial charge is 0.292 e. The van der Waals surface area contributed by atoms with E-state index in [2.05, 4.69) is 32.6 Å². The molecule has 7 heteroatoms. The first-order valence-electron chi connectivity index (χ1n) is 8.00. The molecule has 7 nitrogen and oxygen atoms in total. The summed E-state index contributed by atoms with van der Waals surface area (Å²) >= 11 is 0. The van der Waals surface area contributed by atoms with Gasteiger partial charge in [0.1, 0.15) is 5.56 Å². The van der Waals surface area contributed by atoms with Gasteiger partial charge in [0.05, 0.1) is 0 Å². The van der Waals surface area contributed by atoms with E-state index in [1.54, 1.807) is 12.1 Å². The number of benzene rings is 1. The predicted octanol–water partition coefficient (Wildman–Crippen LogP) is 2.18. The van der Waals surface area contributed by atoms with Crippen molar-refractivity contribution < 1.29 is 9.32 Å². The molecule has 25 heavy (non-hydrogen) atoms. The topological polar surface area (TPSA) is 101 Å². The van der Waals surface area contributed by atoms with E-state index < -0.39 is 5.91 Å². The van der Waals surface area contributed by atoms with E-state index in [1.165, 1.54) is 11.8 Å². The first-order valence-corrected chi connectivity index (χ1v) is 8.00. The molecule has 2 aromatic heterocycles. The Kier molecular flexibility index (Phi) is 5.03. The summed E-state index contributed by atoms with van der Waals surface area (Å²) in [6, 6.07) is 13.2. The van der Waals surface area contributed by atoms with Gasteiger partial charge in [0.2, 0.25) is 0 Å². The molecule has 2 N–H and O–H groups in total. The highest BCUT2D eigenvalue weighted by Gasteiger charge is 2.18. The molecule has 0 aliphatic heterocycles. The summed E-state index contributed by atoms with van der Waals surface area (Å²) < 4.78 is 5.02. The number of aromatic amines is 1. The van der Waals surface area contributed by atoms with E-state index >= 15 is 0 Å². The normalized spacial score (nSPS) is 11.9. The van der Waals surface area contributed by atoms with Gasteiger partial charge in [-0.15, -0.1) is 0 Å². The van der Waals surface area contributed by atoms with E-state index in [0.717, 1.165) is 12.8 Å². The van der Waals surface area contributed by atoms with Gasteiger partial charge in [-0.3, -0.25) is 9.59 Å². The molecule has 1 aromatic carbocycles. The zero-order valence-corrected chi connectivity index (χ0v) is 13.7. The number of pyridine rings is 1. The molecule has 0 aliphatic carbocycles.